The lowest BCUT2D eigenvalue weighted by molar-refractivity contribution is 0.387. The summed E-state index contributed by atoms with van der Waals surface area (Å²) in [6.07, 6.45) is 7.09. The van der Waals surface area contributed by atoms with Crippen LogP contribution in [-0.2, 0) is 0 Å². The monoisotopic (exact) mass is 235 g/mol. The first-order valence-corrected chi connectivity index (χ1v) is 7.48. The van der Waals surface area contributed by atoms with Crippen molar-refractivity contribution in [1.29, 1.82) is 0 Å². The fourth-order valence-corrected chi connectivity index (χ4v) is 3.45. The summed E-state index contributed by atoms with van der Waals surface area (Å²) in [6.45, 7) is 3.58. The largest absolute Gasteiger partial charge is 0.308 e. The van der Waals surface area contributed by atoms with E-state index in [2.05, 4.69) is 29.8 Å². The van der Waals surface area contributed by atoms with Crippen LogP contribution in [-0.4, -0.2) is 6.54 Å². The van der Waals surface area contributed by atoms with Gasteiger partial charge in [0.15, 0.2) is 0 Å². The third kappa shape index (κ3) is 2.18. The summed E-state index contributed by atoms with van der Waals surface area (Å²) >= 11 is 1.92. The quantitative estimate of drug-likeness (QED) is 0.786. The van der Waals surface area contributed by atoms with Gasteiger partial charge in [-0.15, -0.1) is 11.3 Å². The van der Waals surface area contributed by atoms with Gasteiger partial charge >= 0.3 is 0 Å². The van der Waals surface area contributed by atoms with E-state index >= 15 is 0 Å². The van der Waals surface area contributed by atoms with Crippen LogP contribution in [0.15, 0.2) is 17.5 Å². The maximum Gasteiger partial charge on any atom is 0.0443 e. The molecule has 0 amide bonds. The van der Waals surface area contributed by atoms with E-state index in [9.17, 15) is 0 Å². The standard InChI is InChI=1S/C14H21NS/c1-2-14(7-8-14)10-15-13(11-5-6-11)12-4-3-9-16-12/h3-4,9,11,13,15H,2,5-8,10H2,1H3. The van der Waals surface area contributed by atoms with E-state index in [1.54, 1.807) is 4.88 Å². The van der Waals surface area contributed by atoms with Crippen molar-refractivity contribution in [2.75, 3.05) is 6.54 Å². The van der Waals surface area contributed by atoms with Crippen LogP contribution in [0.4, 0.5) is 0 Å². The van der Waals surface area contributed by atoms with Gasteiger partial charge in [0.05, 0.1) is 0 Å². The van der Waals surface area contributed by atoms with Gasteiger partial charge in [-0.1, -0.05) is 13.0 Å². The fraction of sp³-hybridized carbons (Fsp3) is 0.714. The van der Waals surface area contributed by atoms with E-state index in [4.69, 9.17) is 0 Å². The lowest BCUT2D eigenvalue weighted by Gasteiger charge is -2.21. The minimum atomic E-state index is 0.657. The lowest BCUT2D eigenvalue weighted by atomic mass is 10.0. The topological polar surface area (TPSA) is 12.0 Å². The SMILES string of the molecule is CCC1(CNC(c2cccs2)C2CC2)CC1. The molecule has 1 aromatic heterocycles. The highest BCUT2D eigenvalue weighted by Crippen LogP contribution is 2.49. The van der Waals surface area contributed by atoms with Crippen LogP contribution in [0, 0.1) is 11.3 Å². The van der Waals surface area contributed by atoms with Gasteiger partial charge < -0.3 is 5.32 Å². The Kier molecular flexibility index (Phi) is 2.80. The van der Waals surface area contributed by atoms with Gasteiger partial charge in [-0.3, -0.25) is 0 Å². The molecule has 1 aromatic rings. The van der Waals surface area contributed by atoms with Gasteiger partial charge in [-0.25, -0.2) is 0 Å². The normalized spacial score (nSPS) is 24.3. The molecule has 1 N–H and O–H groups in total. The molecule has 0 aliphatic heterocycles. The summed E-state index contributed by atoms with van der Waals surface area (Å²) in [5, 5.41) is 6.06. The van der Waals surface area contributed by atoms with Crippen LogP contribution in [0.1, 0.15) is 49.9 Å². The van der Waals surface area contributed by atoms with E-state index in [-0.39, 0.29) is 0 Å². The molecule has 0 saturated heterocycles. The molecule has 88 valence electrons. The number of hydrogen-bond donors (Lipinski definition) is 1. The molecule has 0 aromatic carbocycles. The summed E-state index contributed by atoms with van der Waals surface area (Å²) in [6, 6.07) is 5.14. The first-order valence-electron chi connectivity index (χ1n) is 6.60. The van der Waals surface area contributed by atoms with Gasteiger partial charge in [0.2, 0.25) is 0 Å². The Labute approximate surface area is 102 Å². The molecule has 3 rings (SSSR count). The third-order valence-corrected chi connectivity index (χ3v) is 5.30. The molecule has 2 aliphatic carbocycles. The number of rotatable bonds is 6. The van der Waals surface area contributed by atoms with Crippen LogP contribution >= 0.6 is 11.3 Å². The van der Waals surface area contributed by atoms with Crippen molar-refractivity contribution in [3.63, 3.8) is 0 Å². The van der Waals surface area contributed by atoms with Crippen LogP contribution in [0.25, 0.3) is 0 Å². The number of hydrogen-bond acceptors (Lipinski definition) is 2. The second kappa shape index (κ2) is 4.15. The molecule has 0 bridgehead atoms. The Morgan fingerprint density at radius 1 is 1.50 bits per heavy atom. The summed E-state index contributed by atoms with van der Waals surface area (Å²) < 4.78 is 0. The van der Waals surface area contributed by atoms with Gasteiger partial charge in [-0.05, 0) is 54.9 Å². The molecular formula is C14H21NS. The number of nitrogens with one attached hydrogen (secondary N) is 1. The zero-order valence-electron chi connectivity index (χ0n) is 10.0. The molecule has 1 atom stereocenters. The Balaban J connectivity index is 1.61. The summed E-state index contributed by atoms with van der Waals surface area (Å²) in [4.78, 5) is 1.55. The Hall–Kier alpha value is -0.340. The third-order valence-electron chi connectivity index (χ3n) is 4.35. The van der Waals surface area contributed by atoms with E-state index in [0.29, 0.717) is 11.5 Å². The van der Waals surface area contributed by atoms with Crippen LogP contribution in [0.3, 0.4) is 0 Å². The van der Waals surface area contributed by atoms with Crippen molar-refractivity contribution in [2.45, 2.75) is 45.1 Å². The van der Waals surface area contributed by atoms with E-state index < -0.39 is 0 Å². The van der Waals surface area contributed by atoms with Crippen LogP contribution in [0.5, 0.6) is 0 Å². The van der Waals surface area contributed by atoms with Crippen molar-refractivity contribution in [3.05, 3.63) is 22.4 Å². The molecule has 16 heavy (non-hydrogen) atoms. The Morgan fingerprint density at radius 3 is 2.81 bits per heavy atom. The average molecular weight is 235 g/mol. The van der Waals surface area contributed by atoms with Gasteiger partial charge in [-0.2, -0.15) is 0 Å². The van der Waals surface area contributed by atoms with Gasteiger partial charge in [0.25, 0.3) is 0 Å². The van der Waals surface area contributed by atoms with E-state index in [1.165, 1.54) is 38.6 Å². The second-order valence-corrected chi connectivity index (χ2v) is 6.54. The van der Waals surface area contributed by atoms with Gasteiger partial charge in [0, 0.05) is 17.5 Å². The molecule has 1 nitrogen and oxygen atoms in total. The Morgan fingerprint density at radius 2 is 2.31 bits per heavy atom. The van der Waals surface area contributed by atoms with Crippen LogP contribution < -0.4 is 5.32 Å². The minimum absolute atomic E-state index is 0.657. The maximum absolute atomic E-state index is 3.85. The van der Waals surface area contributed by atoms with Gasteiger partial charge in [0.1, 0.15) is 0 Å². The Bertz CT molecular complexity index is 336. The first-order chi connectivity index (χ1) is 7.83. The van der Waals surface area contributed by atoms with E-state index in [1.807, 2.05) is 11.3 Å². The maximum atomic E-state index is 3.85. The number of thiophene rings is 1. The summed E-state index contributed by atoms with van der Waals surface area (Å²) in [7, 11) is 0. The van der Waals surface area contributed by atoms with Crippen molar-refractivity contribution >= 4 is 11.3 Å². The highest BCUT2D eigenvalue weighted by Gasteiger charge is 2.42. The molecule has 1 unspecified atom stereocenters. The second-order valence-electron chi connectivity index (χ2n) is 5.56. The van der Waals surface area contributed by atoms with Crippen LogP contribution in [0.2, 0.25) is 0 Å². The molecule has 2 saturated carbocycles. The summed E-state index contributed by atoms with van der Waals surface area (Å²) in [5.74, 6) is 0.923. The fourth-order valence-electron chi connectivity index (χ4n) is 2.56. The van der Waals surface area contributed by atoms with Crippen molar-refractivity contribution in [1.82, 2.24) is 5.32 Å². The molecule has 2 aliphatic rings. The first kappa shape index (κ1) is 10.8. The highest BCUT2D eigenvalue weighted by molar-refractivity contribution is 7.10. The minimum Gasteiger partial charge on any atom is -0.308 e. The van der Waals surface area contributed by atoms with Crippen molar-refractivity contribution in [3.8, 4) is 0 Å². The lowest BCUT2D eigenvalue weighted by Crippen LogP contribution is -2.28. The zero-order valence-corrected chi connectivity index (χ0v) is 10.9. The molecule has 0 radical (unpaired) electrons. The van der Waals surface area contributed by atoms with Crippen molar-refractivity contribution in [2.24, 2.45) is 11.3 Å². The highest BCUT2D eigenvalue weighted by atomic mass is 32.1. The average Bonchev–Trinajstić information content (AvgIpc) is 3.21. The summed E-state index contributed by atoms with van der Waals surface area (Å²) in [5.41, 5.74) is 0.671. The van der Waals surface area contributed by atoms with Crippen molar-refractivity contribution < 1.29 is 0 Å². The van der Waals surface area contributed by atoms with E-state index in [0.717, 1.165) is 5.92 Å². The predicted molar refractivity (Wildman–Crippen MR) is 69.7 cm³/mol. The molecule has 1 heterocycles. The molecule has 0 spiro atoms. The zero-order chi connectivity index (χ0) is 11.0. The smallest absolute Gasteiger partial charge is 0.0443 e. The molecule has 2 heteroatoms. The predicted octanol–water partition coefficient (Wildman–Crippen LogP) is 3.98. The molecular weight excluding hydrogens is 214 g/mol. The molecule has 2 fully saturated rings.